The van der Waals surface area contributed by atoms with Gasteiger partial charge in [-0.1, -0.05) is 13.8 Å². The lowest BCUT2D eigenvalue weighted by Gasteiger charge is -2.24. The van der Waals surface area contributed by atoms with Gasteiger partial charge in [-0.15, -0.1) is 0 Å². The van der Waals surface area contributed by atoms with Crippen molar-refractivity contribution < 1.29 is 14.4 Å². The number of carbonyl (C=O) groups excluding carboxylic acids is 3. The van der Waals surface area contributed by atoms with Gasteiger partial charge in [-0.3, -0.25) is 14.5 Å². The van der Waals surface area contributed by atoms with Gasteiger partial charge in [-0.05, 0) is 19.9 Å². The second kappa shape index (κ2) is 6.69. The Labute approximate surface area is 119 Å². The second-order valence-electron chi connectivity index (χ2n) is 5.03. The van der Waals surface area contributed by atoms with E-state index >= 15 is 0 Å². The van der Waals surface area contributed by atoms with E-state index in [1.807, 2.05) is 13.8 Å². The highest BCUT2D eigenvalue weighted by Gasteiger charge is 2.49. The van der Waals surface area contributed by atoms with E-state index in [1.54, 1.807) is 14.1 Å². The van der Waals surface area contributed by atoms with E-state index in [0.717, 1.165) is 4.90 Å². The molecule has 7 heteroatoms. The van der Waals surface area contributed by atoms with Crippen LogP contribution in [0.4, 0.5) is 4.79 Å². The van der Waals surface area contributed by atoms with E-state index in [0.29, 0.717) is 25.9 Å². The monoisotopic (exact) mass is 284 g/mol. The molecular formula is C13H24N4O3. The molecule has 0 saturated carbocycles. The lowest BCUT2D eigenvalue weighted by Crippen LogP contribution is -2.47. The van der Waals surface area contributed by atoms with Gasteiger partial charge in [-0.2, -0.15) is 0 Å². The van der Waals surface area contributed by atoms with Gasteiger partial charge in [0.25, 0.3) is 5.91 Å². The van der Waals surface area contributed by atoms with Gasteiger partial charge in [0.15, 0.2) is 0 Å². The molecule has 1 aliphatic heterocycles. The van der Waals surface area contributed by atoms with Crippen molar-refractivity contribution in [2.45, 2.75) is 32.2 Å². The number of hydrogen-bond donors (Lipinski definition) is 2. The standard InChI is InChI=1S/C13H24N4O3/c1-5-13(6-2)11(19)17(12(20)15-13)9-10(18)16(4)8-7-14-3/h14H,5-9H2,1-4H3,(H,15,20). The topological polar surface area (TPSA) is 81.8 Å². The quantitative estimate of drug-likeness (QED) is 0.633. The fraction of sp³-hybridized carbons (Fsp3) is 0.769. The minimum Gasteiger partial charge on any atom is -0.343 e. The average molecular weight is 284 g/mol. The normalized spacial score (nSPS) is 17.3. The number of likely N-dealkylation sites (N-methyl/N-ethyl adjacent to an activating group) is 2. The molecule has 0 radical (unpaired) electrons. The van der Waals surface area contributed by atoms with Crippen molar-refractivity contribution in [3.8, 4) is 0 Å². The first kappa shape index (κ1) is 16.4. The molecule has 0 aliphatic carbocycles. The molecule has 2 N–H and O–H groups in total. The number of nitrogens with zero attached hydrogens (tertiary/aromatic N) is 2. The number of nitrogens with one attached hydrogen (secondary N) is 2. The zero-order chi connectivity index (χ0) is 15.3. The summed E-state index contributed by atoms with van der Waals surface area (Å²) in [7, 11) is 3.46. The summed E-state index contributed by atoms with van der Waals surface area (Å²) >= 11 is 0. The van der Waals surface area contributed by atoms with Crippen molar-refractivity contribution in [1.29, 1.82) is 0 Å². The Bertz CT molecular complexity index is 393. The summed E-state index contributed by atoms with van der Waals surface area (Å²) < 4.78 is 0. The SMILES string of the molecule is CCC1(CC)NC(=O)N(CC(=O)N(C)CCNC)C1=O. The van der Waals surface area contributed by atoms with Crippen molar-refractivity contribution in [2.75, 3.05) is 33.7 Å². The van der Waals surface area contributed by atoms with E-state index in [4.69, 9.17) is 0 Å². The number of urea groups is 1. The molecule has 114 valence electrons. The fourth-order valence-electron chi connectivity index (χ4n) is 2.21. The van der Waals surface area contributed by atoms with Crippen LogP contribution in [0.2, 0.25) is 0 Å². The highest BCUT2D eigenvalue weighted by molar-refractivity contribution is 6.08. The van der Waals surface area contributed by atoms with Crippen LogP contribution in [0.3, 0.4) is 0 Å². The predicted octanol–water partition coefficient (Wildman–Crippen LogP) is -0.225. The minimum atomic E-state index is -0.846. The summed E-state index contributed by atoms with van der Waals surface area (Å²) in [6.45, 7) is 4.70. The van der Waals surface area contributed by atoms with Gasteiger partial charge in [0, 0.05) is 20.1 Å². The van der Waals surface area contributed by atoms with Crippen molar-refractivity contribution in [2.24, 2.45) is 0 Å². The van der Waals surface area contributed by atoms with Gasteiger partial charge in [0.05, 0.1) is 0 Å². The molecule has 7 nitrogen and oxygen atoms in total. The summed E-state index contributed by atoms with van der Waals surface area (Å²) in [5.74, 6) is -0.547. The molecule has 0 atom stereocenters. The van der Waals surface area contributed by atoms with E-state index in [9.17, 15) is 14.4 Å². The smallest absolute Gasteiger partial charge is 0.325 e. The molecule has 0 bridgehead atoms. The summed E-state index contributed by atoms with van der Waals surface area (Å²) in [5, 5.41) is 5.65. The number of hydrogen-bond acceptors (Lipinski definition) is 4. The molecule has 0 aromatic rings. The number of amides is 4. The molecule has 0 unspecified atom stereocenters. The fourth-order valence-corrected chi connectivity index (χ4v) is 2.21. The summed E-state index contributed by atoms with van der Waals surface area (Å²) in [5.41, 5.74) is -0.846. The second-order valence-corrected chi connectivity index (χ2v) is 5.03. The summed E-state index contributed by atoms with van der Waals surface area (Å²) in [6.07, 6.45) is 1.04. The summed E-state index contributed by atoms with van der Waals surface area (Å²) in [4.78, 5) is 38.8. The molecule has 0 aromatic carbocycles. The maximum absolute atomic E-state index is 12.3. The van der Waals surface area contributed by atoms with Crippen LogP contribution in [0, 0.1) is 0 Å². The molecule has 1 saturated heterocycles. The van der Waals surface area contributed by atoms with Crippen LogP contribution in [0.25, 0.3) is 0 Å². The van der Waals surface area contributed by atoms with Crippen molar-refractivity contribution in [3.05, 3.63) is 0 Å². The van der Waals surface area contributed by atoms with Crippen LogP contribution in [0.15, 0.2) is 0 Å². The maximum Gasteiger partial charge on any atom is 0.325 e. The number of imide groups is 1. The van der Waals surface area contributed by atoms with Crippen LogP contribution in [0.5, 0.6) is 0 Å². The Balaban J connectivity index is 2.71. The van der Waals surface area contributed by atoms with Gasteiger partial charge < -0.3 is 15.5 Å². The maximum atomic E-state index is 12.3. The van der Waals surface area contributed by atoms with Crippen molar-refractivity contribution >= 4 is 17.8 Å². The molecule has 1 fully saturated rings. The van der Waals surface area contributed by atoms with Crippen molar-refractivity contribution in [3.63, 3.8) is 0 Å². The van der Waals surface area contributed by atoms with Crippen LogP contribution >= 0.6 is 0 Å². The van der Waals surface area contributed by atoms with Gasteiger partial charge in [0.2, 0.25) is 5.91 Å². The first-order valence-corrected chi connectivity index (χ1v) is 6.94. The van der Waals surface area contributed by atoms with Crippen LogP contribution < -0.4 is 10.6 Å². The largest absolute Gasteiger partial charge is 0.343 e. The molecule has 1 rings (SSSR count). The summed E-state index contributed by atoms with van der Waals surface area (Å²) in [6, 6.07) is -0.478. The van der Waals surface area contributed by atoms with Gasteiger partial charge in [0.1, 0.15) is 12.1 Å². The average Bonchev–Trinajstić information content (AvgIpc) is 2.69. The minimum absolute atomic E-state index is 0.202. The van der Waals surface area contributed by atoms with E-state index < -0.39 is 11.6 Å². The zero-order valence-electron chi connectivity index (χ0n) is 12.7. The Morgan fingerprint density at radius 1 is 1.35 bits per heavy atom. The highest BCUT2D eigenvalue weighted by atomic mass is 16.2. The third-order valence-corrected chi connectivity index (χ3v) is 3.87. The molecular weight excluding hydrogens is 260 g/mol. The lowest BCUT2D eigenvalue weighted by molar-refractivity contribution is -0.138. The zero-order valence-corrected chi connectivity index (χ0v) is 12.7. The Morgan fingerprint density at radius 2 is 1.95 bits per heavy atom. The third kappa shape index (κ3) is 3.09. The first-order chi connectivity index (χ1) is 9.41. The molecule has 20 heavy (non-hydrogen) atoms. The number of rotatable bonds is 7. The van der Waals surface area contributed by atoms with Gasteiger partial charge >= 0.3 is 6.03 Å². The van der Waals surface area contributed by atoms with Crippen LogP contribution in [-0.4, -0.2) is 66.9 Å². The highest BCUT2D eigenvalue weighted by Crippen LogP contribution is 2.24. The lowest BCUT2D eigenvalue weighted by atomic mass is 9.93. The Kier molecular flexibility index (Phi) is 5.50. The third-order valence-electron chi connectivity index (χ3n) is 3.87. The first-order valence-electron chi connectivity index (χ1n) is 6.94. The molecule has 1 heterocycles. The molecule has 1 aliphatic rings. The Hall–Kier alpha value is -1.63. The molecule has 0 aromatic heterocycles. The van der Waals surface area contributed by atoms with Gasteiger partial charge in [-0.25, -0.2) is 4.79 Å². The number of carbonyl (C=O) groups is 3. The Morgan fingerprint density at radius 3 is 2.40 bits per heavy atom. The van der Waals surface area contributed by atoms with E-state index in [-0.39, 0.29) is 18.4 Å². The van der Waals surface area contributed by atoms with Crippen LogP contribution in [0.1, 0.15) is 26.7 Å². The van der Waals surface area contributed by atoms with E-state index in [1.165, 1.54) is 4.90 Å². The predicted molar refractivity (Wildman–Crippen MR) is 75.1 cm³/mol. The van der Waals surface area contributed by atoms with E-state index in [2.05, 4.69) is 10.6 Å². The van der Waals surface area contributed by atoms with Crippen molar-refractivity contribution in [1.82, 2.24) is 20.4 Å². The van der Waals surface area contributed by atoms with Crippen LogP contribution in [-0.2, 0) is 9.59 Å². The molecule has 4 amide bonds. The molecule has 0 spiro atoms.